The fraction of sp³-hybridized carbons (Fsp3) is 0.294. The Morgan fingerprint density at radius 1 is 1.31 bits per heavy atom. The van der Waals surface area contributed by atoms with Crippen LogP contribution in [0.25, 0.3) is 0 Å². The molecule has 9 heteroatoms. The molecule has 26 heavy (non-hydrogen) atoms. The van der Waals surface area contributed by atoms with E-state index in [-0.39, 0.29) is 12.0 Å². The van der Waals surface area contributed by atoms with Crippen molar-refractivity contribution in [3.8, 4) is 0 Å². The van der Waals surface area contributed by atoms with Crippen molar-refractivity contribution >= 4 is 17.7 Å². The third kappa shape index (κ3) is 3.41. The zero-order chi connectivity index (χ0) is 18.8. The Morgan fingerprint density at radius 2 is 2.04 bits per heavy atom. The molecule has 3 rings (SSSR count). The van der Waals surface area contributed by atoms with Gasteiger partial charge in [-0.3, -0.25) is 19.1 Å². The fourth-order valence-corrected chi connectivity index (χ4v) is 2.95. The standard InChI is InChI=1S/C17H18FN5O3/c1-22-14-9-23(8-10(14)7-20-22)17(26)13(6-15(19)24)21-16(25)11-4-2-3-5-12(11)18/h2-5,7,13H,6,8-9H2,1H3,(H2,19,24)(H,21,25). The summed E-state index contributed by atoms with van der Waals surface area (Å²) < 4.78 is 15.4. The van der Waals surface area contributed by atoms with Crippen molar-refractivity contribution in [2.24, 2.45) is 12.8 Å². The molecule has 136 valence electrons. The van der Waals surface area contributed by atoms with E-state index in [9.17, 15) is 18.8 Å². The third-order valence-electron chi connectivity index (χ3n) is 4.29. The number of aryl methyl sites for hydroxylation is 1. The molecule has 1 unspecified atom stereocenters. The van der Waals surface area contributed by atoms with E-state index >= 15 is 0 Å². The van der Waals surface area contributed by atoms with Crippen molar-refractivity contribution in [3.63, 3.8) is 0 Å². The lowest BCUT2D eigenvalue weighted by molar-refractivity contribution is -0.136. The van der Waals surface area contributed by atoms with E-state index in [1.165, 1.54) is 23.1 Å². The summed E-state index contributed by atoms with van der Waals surface area (Å²) in [7, 11) is 1.77. The van der Waals surface area contributed by atoms with Crippen molar-refractivity contribution < 1.29 is 18.8 Å². The summed E-state index contributed by atoms with van der Waals surface area (Å²) in [5, 5.41) is 6.54. The van der Waals surface area contributed by atoms with Crippen LogP contribution in [0.4, 0.5) is 4.39 Å². The first-order valence-corrected chi connectivity index (χ1v) is 7.99. The Bertz CT molecular complexity index is 879. The number of rotatable bonds is 5. The van der Waals surface area contributed by atoms with Gasteiger partial charge in [-0.2, -0.15) is 5.10 Å². The Labute approximate surface area is 148 Å². The smallest absolute Gasteiger partial charge is 0.254 e. The van der Waals surface area contributed by atoms with Crippen molar-refractivity contribution in [2.75, 3.05) is 0 Å². The topological polar surface area (TPSA) is 110 Å². The summed E-state index contributed by atoms with van der Waals surface area (Å²) in [4.78, 5) is 38.0. The normalized spacial score (nSPS) is 14.0. The van der Waals surface area contributed by atoms with E-state index in [1.807, 2.05) is 0 Å². The molecule has 1 atom stereocenters. The number of primary amides is 1. The number of amides is 3. The first-order chi connectivity index (χ1) is 12.4. The SMILES string of the molecule is Cn1ncc2c1CN(C(=O)C(CC(N)=O)NC(=O)c1ccccc1F)C2. The van der Waals surface area contributed by atoms with Crippen molar-refractivity contribution in [1.29, 1.82) is 0 Å². The molecule has 1 aliphatic heterocycles. The van der Waals surface area contributed by atoms with Gasteiger partial charge in [-0.15, -0.1) is 0 Å². The summed E-state index contributed by atoms with van der Waals surface area (Å²) in [6.07, 6.45) is 1.30. The minimum Gasteiger partial charge on any atom is -0.370 e. The van der Waals surface area contributed by atoms with Gasteiger partial charge >= 0.3 is 0 Å². The zero-order valence-electron chi connectivity index (χ0n) is 14.1. The molecule has 8 nitrogen and oxygen atoms in total. The highest BCUT2D eigenvalue weighted by Crippen LogP contribution is 2.22. The van der Waals surface area contributed by atoms with Crippen LogP contribution in [0, 0.1) is 5.82 Å². The number of carbonyl (C=O) groups excluding carboxylic acids is 3. The molecule has 1 aromatic heterocycles. The van der Waals surface area contributed by atoms with Gasteiger partial charge in [0.05, 0.1) is 30.4 Å². The number of nitrogens with two attached hydrogens (primary N) is 1. The number of nitrogens with zero attached hydrogens (tertiary/aromatic N) is 3. The van der Waals surface area contributed by atoms with Crippen LogP contribution in [0.3, 0.4) is 0 Å². The van der Waals surface area contributed by atoms with Crippen LogP contribution in [0.2, 0.25) is 0 Å². The molecule has 2 heterocycles. The second kappa shape index (κ2) is 6.95. The van der Waals surface area contributed by atoms with Gasteiger partial charge in [-0.05, 0) is 12.1 Å². The number of nitrogens with one attached hydrogen (secondary N) is 1. The highest BCUT2D eigenvalue weighted by Gasteiger charge is 2.33. The summed E-state index contributed by atoms with van der Waals surface area (Å²) in [5.41, 5.74) is 6.80. The molecule has 3 amide bonds. The van der Waals surface area contributed by atoms with Crippen LogP contribution in [-0.4, -0.2) is 38.4 Å². The minimum atomic E-state index is -1.16. The fourth-order valence-electron chi connectivity index (χ4n) is 2.95. The van der Waals surface area contributed by atoms with Crippen LogP contribution >= 0.6 is 0 Å². The van der Waals surface area contributed by atoms with Gasteiger partial charge in [-0.25, -0.2) is 4.39 Å². The Hall–Kier alpha value is -3.23. The molecule has 0 fully saturated rings. The lowest BCUT2D eigenvalue weighted by atomic mass is 10.1. The quantitative estimate of drug-likeness (QED) is 0.787. The minimum absolute atomic E-state index is 0.205. The molecule has 1 aromatic carbocycles. The van der Waals surface area contributed by atoms with E-state index in [0.717, 1.165) is 17.3 Å². The van der Waals surface area contributed by atoms with Crippen molar-refractivity contribution in [3.05, 3.63) is 53.1 Å². The Kier molecular flexibility index (Phi) is 4.70. The number of hydrogen-bond acceptors (Lipinski definition) is 4. The molecule has 3 N–H and O–H groups in total. The first-order valence-electron chi connectivity index (χ1n) is 7.99. The predicted octanol–water partition coefficient (Wildman–Crippen LogP) is 0.0754. The van der Waals surface area contributed by atoms with Gasteiger partial charge in [0.2, 0.25) is 11.8 Å². The van der Waals surface area contributed by atoms with Gasteiger partial charge in [0.15, 0.2) is 0 Å². The average Bonchev–Trinajstić information content (AvgIpc) is 3.16. The molecular weight excluding hydrogens is 341 g/mol. The Balaban J connectivity index is 1.76. The molecule has 0 bridgehead atoms. The molecule has 0 saturated carbocycles. The lowest BCUT2D eigenvalue weighted by Gasteiger charge is -2.23. The van der Waals surface area contributed by atoms with Gasteiger partial charge in [0, 0.05) is 19.2 Å². The van der Waals surface area contributed by atoms with Gasteiger partial charge in [0.25, 0.3) is 5.91 Å². The maximum Gasteiger partial charge on any atom is 0.254 e. The second-order valence-electron chi connectivity index (χ2n) is 6.11. The Morgan fingerprint density at radius 3 is 2.69 bits per heavy atom. The molecular formula is C17H18FN5O3. The summed E-state index contributed by atoms with van der Waals surface area (Å²) in [6, 6.07) is 4.24. The molecule has 1 aliphatic rings. The number of hydrogen-bond donors (Lipinski definition) is 2. The van der Waals surface area contributed by atoms with Crippen LogP contribution in [-0.2, 0) is 29.7 Å². The van der Waals surface area contributed by atoms with Crippen molar-refractivity contribution in [2.45, 2.75) is 25.6 Å². The monoisotopic (exact) mass is 359 g/mol. The molecule has 0 saturated heterocycles. The van der Waals surface area contributed by atoms with E-state index in [2.05, 4.69) is 10.4 Å². The number of carbonyl (C=O) groups is 3. The summed E-state index contributed by atoms with van der Waals surface area (Å²) >= 11 is 0. The third-order valence-corrected chi connectivity index (χ3v) is 4.29. The maximum absolute atomic E-state index is 13.8. The first kappa shape index (κ1) is 17.6. The van der Waals surface area contributed by atoms with E-state index in [1.54, 1.807) is 17.9 Å². The lowest BCUT2D eigenvalue weighted by Crippen LogP contribution is -2.49. The van der Waals surface area contributed by atoms with E-state index in [4.69, 9.17) is 5.73 Å². The highest BCUT2D eigenvalue weighted by molar-refractivity contribution is 5.99. The van der Waals surface area contributed by atoms with E-state index < -0.39 is 29.6 Å². The van der Waals surface area contributed by atoms with Crippen LogP contribution in [0.15, 0.2) is 30.5 Å². The van der Waals surface area contributed by atoms with Crippen molar-refractivity contribution in [1.82, 2.24) is 20.0 Å². The molecule has 2 aromatic rings. The predicted molar refractivity (Wildman–Crippen MR) is 88.9 cm³/mol. The second-order valence-corrected chi connectivity index (χ2v) is 6.11. The van der Waals surface area contributed by atoms with Crippen LogP contribution in [0.1, 0.15) is 28.0 Å². The number of fused-ring (bicyclic) bond motifs is 1. The average molecular weight is 359 g/mol. The molecule has 0 spiro atoms. The molecule has 0 radical (unpaired) electrons. The summed E-state index contributed by atoms with van der Waals surface area (Å²) in [5.74, 6) is -2.68. The van der Waals surface area contributed by atoms with Gasteiger partial charge < -0.3 is 16.0 Å². The van der Waals surface area contributed by atoms with E-state index in [0.29, 0.717) is 13.1 Å². The van der Waals surface area contributed by atoms with Crippen LogP contribution in [0.5, 0.6) is 0 Å². The molecule has 0 aliphatic carbocycles. The zero-order valence-corrected chi connectivity index (χ0v) is 14.1. The van der Waals surface area contributed by atoms with Gasteiger partial charge in [0.1, 0.15) is 11.9 Å². The highest BCUT2D eigenvalue weighted by atomic mass is 19.1. The van der Waals surface area contributed by atoms with Crippen LogP contribution < -0.4 is 11.1 Å². The number of aromatic nitrogens is 2. The largest absolute Gasteiger partial charge is 0.370 e. The maximum atomic E-state index is 13.8. The number of benzene rings is 1. The number of halogens is 1. The van der Waals surface area contributed by atoms with Gasteiger partial charge in [-0.1, -0.05) is 12.1 Å². The summed E-state index contributed by atoms with van der Waals surface area (Å²) in [6.45, 7) is 0.641.